The van der Waals surface area contributed by atoms with E-state index in [1.54, 1.807) is 0 Å². The molecule has 0 aliphatic carbocycles. The second-order valence-corrected chi connectivity index (χ2v) is 17.8. The van der Waals surface area contributed by atoms with Gasteiger partial charge >= 0.3 is 19.8 Å². The van der Waals surface area contributed by atoms with Gasteiger partial charge in [0.15, 0.2) is 6.10 Å². The Hall–Kier alpha value is -1.59. The van der Waals surface area contributed by atoms with Gasteiger partial charge in [0.1, 0.15) is 25.9 Å². The van der Waals surface area contributed by atoms with E-state index in [-0.39, 0.29) is 38.1 Å². The van der Waals surface area contributed by atoms with Crippen molar-refractivity contribution in [3.05, 3.63) is 24.3 Å². The SMILES string of the molecule is CCCCCCCCCCCCCCCCCC(=O)OC[C@H](COP(=O)(O)OCC[N+](C)(C)C)OC(=O)CCCCCCC/C=C/C=C/[C@H](CCCCC)OO. The van der Waals surface area contributed by atoms with Crippen molar-refractivity contribution >= 4 is 19.8 Å². The van der Waals surface area contributed by atoms with E-state index in [1.807, 2.05) is 39.4 Å². The van der Waals surface area contributed by atoms with Crippen molar-refractivity contribution in [1.29, 1.82) is 0 Å². The number of rotatable bonds is 41. The van der Waals surface area contributed by atoms with E-state index in [9.17, 15) is 19.0 Å². The topological polar surface area (TPSA) is 138 Å². The fraction of sp³-hybridized carbons (Fsp3) is 0.864. The minimum Gasteiger partial charge on any atom is -0.462 e. The van der Waals surface area contributed by atoms with Gasteiger partial charge in [0.05, 0.1) is 27.7 Å². The summed E-state index contributed by atoms with van der Waals surface area (Å²) in [6.07, 6.45) is 35.3. The molecule has 0 fully saturated rings. The van der Waals surface area contributed by atoms with E-state index in [0.717, 1.165) is 77.0 Å². The van der Waals surface area contributed by atoms with Crippen LogP contribution in [0.2, 0.25) is 0 Å². The lowest BCUT2D eigenvalue weighted by Crippen LogP contribution is -2.37. The van der Waals surface area contributed by atoms with Crippen molar-refractivity contribution in [3.63, 3.8) is 0 Å². The van der Waals surface area contributed by atoms with Gasteiger partial charge in [-0.05, 0) is 32.1 Å². The lowest BCUT2D eigenvalue weighted by Gasteiger charge is -2.24. The minimum absolute atomic E-state index is 0.0168. The van der Waals surface area contributed by atoms with Gasteiger partial charge in [-0.3, -0.25) is 23.9 Å². The first kappa shape index (κ1) is 54.4. The fourth-order valence-electron chi connectivity index (χ4n) is 6.11. The molecule has 3 atom stereocenters. The molecule has 0 spiro atoms. The van der Waals surface area contributed by atoms with Gasteiger partial charge in [-0.2, -0.15) is 0 Å². The molecule has 0 heterocycles. The smallest absolute Gasteiger partial charge is 0.462 e. The van der Waals surface area contributed by atoms with Crippen molar-refractivity contribution in [3.8, 4) is 0 Å². The Kier molecular flexibility index (Phi) is 36.6. The van der Waals surface area contributed by atoms with Crippen LogP contribution >= 0.6 is 7.82 Å². The molecule has 56 heavy (non-hydrogen) atoms. The van der Waals surface area contributed by atoms with Crippen LogP contribution in [-0.2, 0) is 37.6 Å². The standard InChI is InChI=1S/C44H84NO10P/c1-6-8-10-11-12-13-14-15-16-17-18-21-24-27-31-35-43(46)51-39-42(40-53-56(49,50)52-38-37-45(3,4)5)54-44(47)36-32-28-25-22-19-20-23-26-30-34-41(55-48)33-29-9-7-2/h23,26,30,34,41-42H,6-22,24-25,27-29,31-33,35-40H2,1-5H3,(H-,48,49,50)/p+1/b26-23+,34-30+/t41-,42+/m0/s1. The molecule has 0 saturated carbocycles. The third kappa shape index (κ3) is 39.2. The fourth-order valence-corrected chi connectivity index (χ4v) is 6.85. The summed E-state index contributed by atoms with van der Waals surface area (Å²) >= 11 is 0. The zero-order valence-electron chi connectivity index (χ0n) is 36.4. The third-order valence-corrected chi connectivity index (χ3v) is 10.7. The molecule has 0 bridgehead atoms. The summed E-state index contributed by atoms with van der Waals surface area (Å²) in [7, 11) is 1.42. The van der Waals surface area contributed by atoms with Crippen LogP contribution in [0, 0.1) is 0 Å². The summed E-state index contributed by atoms with van der Waals surface area (Å²) in [5.41, 5.74) is 0. The lowest BCUT2D eigenvalue weighted by molar-refractivity contribution is -0.870. The number of carbonyl (C=O) groups is 2. The molecule has 11 nitrogen and oxygen atoms in total. The molecule has 0 aromatic carbocycles. The number of carbonyl (C=O) groups excluding carboxylic acids is 2. The molecular formula is C44H85NO10P+. The van der Waals surface area contributed by atoms with Crippen molar-refractivity contribution < 1.29 is 52.2 Å². The van der Waals surface area contributed by atoms with Gasteiger partial charge < -0.3 is 18.9 Å². The summed E-state index contributed by atoms with van der Waals surface area (Å²) < 4.78 is 34.3. The Morgan fingerprint density at radius 2 is 1.14 bits per heavy atom. The monoisotopic (exact) mass is 819 g/mol. The Morgan fingerprint density at radius 1 is 0.643 bits per heavy atom. The van der Waals surface area contributed by atoms with Crippen LogP contribution in [-0.4, -0.2) is 86.3 Å². The number of phosphoric ester groups is 1. The Bertz CT molecular complexity index is 1030. The van der Waals surface area contributed by atoms with Crippen molar-refractivity contribution in [2.45, 2.75) is 199 Å². The normalized spacial score (nSPS) is 14.3. The molecular weight excluding hydrogens is 733 g/mol. The summed E-state index contributed by atoms with van der Waals surface area (Å²) in [6.45, 7) is 4.24. The predicted octanol–water partition coefficient (Wildman–Crippen LogP) is 11.8. The number of hydrogen-bond acceptors (Lipinski definition) is 9. The third-order valence-electron chi connectivity index (χ3n) is 9.71. The van der Waals surface area contributed by atoms with Gasteiger partial charge in [0.2, 0.25) is 0 Å². The maximum absolute atomic E-state index is 12.7. The van der Waals surface area contributed by atoms with Crippen LogP contribution in [0.15, 0.2) is 24.3 Å². The average Bonchev–Trinajstić information content (AvgIpc) is 3.15. The number of nitrogens with zero attached hydrogens (tertiary/aromatic N) is 1. The molecule has 0 amide bonds. The number of ether oxygens (including phenoxy) is 2. The lowest BCUT2D eigenvalue weighted by atomic mass is 10.0. The van der Waals surface area contributed by atoms with E-state index >= 15 is 0 Å². The highest BCUT2D eigenvalue weighted by Crippen LogP contribution is 2.43. The first-order valence-corrected chi connectivity index (χ1v) is 23.8. The van der Waals surface area contributed by atoms with Crippen LogP contribution in [0.1, 0.15) is 187 Å². The zero-order valence-corrected chi connectivity index (χ0v) is 37.3. The second kappa shape index (κ2) is 37.7. The van der Waals surface area contributed by atoms with Gasteiger partial charge in [0.25, 0.3) is 0 Å². The molecule has 0 aromatic heterocycles. The van der Waals surface area contributed by atoms with Gasteiger partial charge in [-0.1, -0.05) is 167 Å². The number of esters is 2. The van der Waals surface area contributed by atoms with Gasteiger partial charge in [0, 0.05) is 12.8 Å². The number of hydrogen-bond donors (Lipinski definition) is 2. The van der Waals surface area contributed by atoms with E-state index in [4.69, 9.17) is 23.8 Å². The summed E-state index contributed by atoms with van der Waals surface area (Å²) in [5.74, 6) is -0.853. The van der Waals surface area contributed by atoms with Crippen molar-refractivity contribution in [1.82, 2.24) is 0 Å². The summed E-state index contributed by atoms with van der Waals surface area (Å²) in [6, 6.07) is 0. The highest BCUT2D eigenvalue weighted by atomic mass is 31.2. The first-order valence-electron chi connectivity index (χ1n) is 22.3. The van der Waals surface area contributed by atoms with Crippen molar-refractivity contribution in [2.24, 2.45) is 0 Å². The quantitative estimate of drug-likeness (QED) is 0.0117. The van der Waals surface area contributed by atoms with E-state index in [1.165, 1.54) is 77.0 Å². The molecule has 0 radical (unpaired) electrons. The first-order chi connectivity index (χ1) is 26.9. The number of quaternary nitrogens is 1. The maximum atomic E-state index is 12.7. The number of likely N-dealkylation sites (N-methyl/N-ethyl adjacent to an activating group) is 1. The molecule has 0 aliphatic heterocycles. The highest BCUT2D eigenvalue weighted by molar-refractivity contribution is 7.47. The number of unbranched alkanes of at least 4 members (excludes halogenated alkanes) is 21. The molecule has 12 heteroatoms. The predicted molar refractivity (Wildman–Crippen MR) is 227 cm³/mol. The van der Waals surface area contributed by atoms with Crippen LogP contribution in [0.25, 0.3) is 0 Å². The van der Waals surface area contributed by atoms with Gasteiger partial charge in [-0.25, -0.2) is 9.45 Å². The minimum atomic E-state index is -4.39. The summed E-state index contributed by atoms with van der Waals surface area (Å²) in [5, 5.41) is 9.03. The van der Waals surface area contributed by atoms with Crippen LogP contribution in [0.5, 0.6) is 0 Å². The molecule has 0 saturated heterocycles. The number of allylic oxidation sites excluding steroid dienone is 3. The zero-order chi connectivity index (χ0) is 41.6. The van der Waals surface area contributed by atoms with E-state index < -0.39 is 26.5 Å². The summed E-state index contributed by atoms with van der Waals surface area (Å²) in [4.78, 5) is 39.9. The Balaban J connectivity index is 4.44. The molecule has 2 N–H and O–H groups in total. The molecule has 0 aromatic rings. The van der Waals surface area contributed by atoms with Crippen LogP contribution in [0.3, 0.4) is 0 Å². The largest absolute Gasteiger partial charge is 0.472 e. The van der Waals surface area contributed by atoms with Crippen molar-refractivity contribution in [2.75, 3.05) is 47.5 Å². The Labute approximate surface area is 342 Å². The van der Waals surface area contributed by atoms with Gasteiger partial charge in [-0.15, -0.1) is 0 Å². The maximum Gasteiger partial charge on any atom is 0.472 e. The molecule has 0 rings (SSSR count). The Morgan fingerprint density at radius 3 is 1.68 bits per heavy atom. The molecule has 1 unspecified atom stereocenters. The van der Waals surface area contributed by atoms with Crippen LogP contribution in [0.4, 0.5) is 0 Å². The highest BCUT2D eigenvalue weighted by Gasteiger charge is 2.27. The van der Waals surface area contributed by atoms with Crippen LogP contribution < -0.4 is 0 Å². The molecule has 0 aliphatic rings. The second-order valence-electron chi connectivity index (χ2n) is 16.4. The van der Waals surface area contributed by atoms with E-state index in [2.05, 4.69) is 24.8 Å². The molecule has 330 valence electrons. The number of phosphoric acid groups is 1. The van der Waals surface area contributed by atoms with E-state index in [0.29, 0.717) is 17.4 Å². The average molecular weight is 819 g/mol.